The molecule has 0 radical (unpaired) electrons. The molecule has 27 heavy (non-hydrogen) atoms. The van der Waals surface area contributed by atoms with Gasteiger partial charge >= 0.3 is 5.97 Å². The Hall–Kier alpha value is -2.60. The highest BCUT2D eigenvalue weighted by atomic mass is 32.2. The third-order valence-corrected chi connectivity index (χ3v) is 4.96. The molecule has 0 aliphatic rings. The van der Waals surface area contributed by atoms with Crippen LogP contribution >= 0.6 is 11.8 Å². The lowest BCUT2D eigenvalue weighted by atomic mass is 10.1. The van der Waals surface area contributed by atoms with Crippen molar-refractivity contribution in [3.05, 3.63) is 64.4 Å². The van der Waals surface area contributed by atoms with Crippen molar-refractivity contribution in [1.82, 2.24) is 9.55 Å². The van der Waals surface area contributed by atoms with Crippen molar-refractivity contribution >= 4 is 28.6 Å². The van der Waals surface area contributed by atoms with Crippen LogP contribution in [0.1, 0.15) is 26.3 Å². The molecular formula is C21H22N2O3S. The Morgan fingerprint density at radius 2 is 1.85 bits per heavy atom. The van der Waals surface area contributed by atoms with Crippen molar-refractivity contribution in [2.45, 2.75) is 38.5 Å². The first-order valence-corrected chi connectivity index (χ1v) is 9.92. The van der Waals surface area contributed by atoms with Gasteiger partial charge in [0.15, 0.2) is 5.16 Å². The average Bonchev–Trinajstić information content (AvgIpc) is 2.66. The molecule has 0 aliphatic carbocycles. The average molecular weight is 382 g/mol. The quantitative estimate of drug-likeness (QED) is 0.366. The highest BCUT2D eigenvalue weighted by molar-refractivity contribution is 7.99. The van der Waals surface area contributed by atoms with Gasteiger partial charge in [-0.25, -0.2) is 4.98 Å². The molecule has 5 nitrogen and oxygen atoms in total. The fourth-order valence-corrected chi connectivity index (χ4v) is 3.66. The molecule has 0 unspecified atom stereocenters. The molecule has 0 bridgehead atoms. The third kappa shape index (κ3) is 4.22. The summed E-state index contributed by atoms with van der Waals surface area (Å²) in [5.41, 5.74) is 2.32. The summed E-state index contributed by atoms with van der Waals surface area (Å²) >= 11 is 1.22. The number of para-hydroxylation sites is 2. The second kappa shape index (κ2) is 8.39. The minimum absolute atomic E-state index is 0.0945. The lowest BCUT2D eigenvalue weighted by Gasteiger charge is -2.16. The van der Waals surface area contributed by atoms with Crippen molar-refractivity contribution in [2.75, 3.05) is 5.75 Å². The summed E-state index contributed by atoms with van der Waals surface area (Å²) in [5, 5.41) is 1.04. The number of rotatable bonds is 6. The van der Waals surface area contributed by atoms with E-state index in [1.807, 2.05) is 63.2 Å². The molecule has 0 spiro atoms. The largest absolute Gasteiger partial charge is 0.462 e. The summed E-state index contributed by atoms with van der Waals surface area (Å²) in [4.78, 5) is 29.9. The van der Waals surface area contributed by atoms with Gasteiger partial charge in [-0.3, -0.25) is 14.2 Å². The van der Waals surface area contributed by atoms with Crippen LogP contribution in [0.25, 0.3) is 16.6 Å². The maximum Gasteiger partial charge on any atom is 0.316 e. The van der Waals surface area contributed by atoms with Crippen LogP contribution in [0.15, 0.2) is 58.5 Å². The normalized spacial score (nSPS) is 11.1. The fourth-order valence-electron chi connectivity index (χ4n) is 2.87. The number of thioether (sulfide) groups is 1. The van der Waals surface area contributed by atoms with E-state index in [2.05, 4.69) is 4.98 Å². The van der Waals surface area contributed by atoms with Gasteiger partial charge in [-0.05, 0) is 44.0 Å². The van der Waals surface area contributed by atoms with Crippen molar-refractivity contribution in [3.8, 4) is 5.69 Å². The lowest BCUT2D eigenvalue weighted by Crippen LogP contribution is -2.23. The van der Waals surface area contributed by atoms with E-state index in [0.717, 1.165) is 17.7 Å². The van der Waals surface area contributed by atoms with Crippen LogP contribution in [0.4, 0.5) is 0 Å². The predicted molar refractivity (Wildman–Crippen MR) is 109 cm³/mol. The van der Waals surface area contributed by atoms with E-state index in [0.29, 0.717) is 16.1 Å². The predicted octanol–water partition coefficient (Wildman–Crippen LogP) is 3.99. The Morgan fingerprint density at radius 1 is 1.15 bits per heavy atom. The first-order chi connectivity index (χ1) is 13.0. The minimum Gasteiger partial charge on any atom is -0.462 e. The number of nitrogens with zero attached hydrogens (tertiary/aromatic N) is 2. The number of fused-ring (bicyclic) bond motifs is 1. The molecule has 2 aromatic carbocycles. The molecule has 0 N–H and O–H groups in total. The van der Waals surface area contributed by atoms with Crippen LogP contribution in [0, 0.1) is 0 Å². The van der Waals surface area contributed by atoms with Gasteiger partial charge in [0.2, 0.25) is 0 Å². The Labute approximate surface area is 162 Å². The molecule has 0 atom stereocenters. The molecule has 3 aromatic rings. The first kappa shape index (κ1) is 19.2. The van der Waals surface area contributed by atoms with Crippen LogP contribution < -0.4 is 5.56 Å². The summed E-state index contributed by atoms with van der Waals surface area (Å²) in [7, 11) is 0. The topological polar surface area (TPSA) is 61.2 Å². The number of carbonyl (C=O) groups is 1. The lowest BCUT2D eigenvalue weighted by molar-refractivity contribution is -0.144. The van der Waals surface area contributed by atoms with Crippen molar-refractivity contribution in [2.24, 2.45) is 0 Å². The van der Waals surface area contributed by atoms with Crippen molar-refractivity contribution in [3.63, 3.8) is 0 Å². The van der Waals surface area contributed by atoms with E-state index in [9.17, 15) is 9.59 Å². The number of ether oxygens (including phenoxy) is 1. The van der Waals surface area contributed by atoms with E-state index < -0.39 is 0 Å². The van der Waals surface area contributed by atoms with Crippen molar-refractivity contribution < 1.29 is 9.53 Å². The number of esters is 1. The second-order valence-electron chi connectivity index (χ2n) is 6.36. The molecule has 0 fully saturated rings. The highest BCUT2D eigenvalue weighted by Crippen LogP contribution is 2.23. The van der Waals surface area contributed by atoms with E-state index in [1.54, 1.807) is 10.6 Å². The van der Waals surface area contributed by atoms with Crippen LogP contribution in [0.2, 0.25) is 0 Å². The number of hydrogen-bond acceptors (Lipinski definition) is 5. The third-order valence-electron chi connectivity index (χ3n) is 4.04. The van der Waals surface area contributed by atoms with Gasteiger partial charge < -0.3 is 4.74 Å². The smallest absolute Gasteiger partial charge is 0.316 e. The molecule has 140 valence electrons. The standard InChI is InChI=1S/C21H22N2O3S/c1-4-15-9-5-8-12-18(15)23-20(25)16-10-6-7-11-17(16)22-21(23)27-13-19(24)26-14(2)3/h5-12,14H,4,13H2,1-3H3. The minimum atomic E-state index is -0.326. The SMILES string of the molecule is CCc1ccccc1-n1c(SCC(=O)OC(C)C)nc2ccccc2c1=O. The molecule has 1 heterocycles. The zero-order valence-corrected chi connectivity index (χ0v) is 16.5. The van der Waals surface area contributed by atoms with E-state index in [4.69, 9.17) is 4.74 Å². The first-order valence-electron chi connectivity index (χ1n) is 8.93. The van der Waals surface area contributed by atoms with E-state index >= 15 is 0 Å². The zero-order chi connectivity index (χ0) is 19.4. The van der Waals surface area contributed by atoms with E-state index in [1.165, 1.54) is 11.8 Å². The Balaban J connectivity index is 2.13. The molecule has 0 aliphatic heterocycles. The summed E-state index contributed by atoms with van der Waals surface area (Å²) in [6, 6.07) is 15.0. The van der Waals surface area contributed by atoms with E-state index in [-0.39, 0.29) is 23.4 Å². The molecule has 6 heteroatoms. The van der Waals surface area contributed by atoms with Gasteiger partial charge in [-0.2, -0.15) is 0 Å². The van der Waals surface area contributed by atoms with Crippen LogP contribution in [0.3, 0.4) is 0 Å². The molecule has 1 aromatic heterocycles. The molecule has 0 saturated heterocycles. The maximum absolute atomic E-state index is 13.2. The summed E-state index contributed by atoms with van der Waals surface area (Å²) < 4.78 is 6.81. The van der Waals surface area contributed by atoms with Gasteiger partial charge in [-0.1, -0.05) is 49.0 Å². The highest BCUT2D eigenvalue weighted by Gasteiger charge is 2.17. The Morgan fingerprint density at radius 3 is 2.59 bits per heavy atom. The van der Waals surface area contributed by atoms with Crippen LogP contribution in [-0.4, -0.2) is 27.4 Å². The summed E-state index contributed by atoms with van der Waals surface area (Å²) in [6.45, 7) is 5.67. The number of carbonyl (C=O) groups excluding carboxylic acids is 1. The molecule has 3 rings (SSSR count). The number of hydrogen-bond donors (Lipinski definition) is 0. The molecular weight excluding hydrogens is 360 g/mol. The monoisotopic (exact) mass is 382 g/mol. The van der Waals surface area contributed by atoms with Crippen LogP contribution in [0.5, 0.6) is 0 Å². The van der Waals surface area contributed by atoms with Gasteiger partial charge in [-0.15, -0.1) is 0 Å². The maximum atomic E-state index is 13.2. The zero-order valence-electron chi connectivity index (χ0n) is 15.6. The second-order valence-corrected chi connectivity index (χ2v) is 7.30. The Kier molecular flexibility index (Phi) is 5.96. The van der Waals surface area contributed by atoms with Gasteiger partial charge in [0.05, 0.1) is 28.4 Å². The van der Waals surface area contributed by atoms with Crippen molar-refractivity contribution in [1.29, 1.82) is 0 Å². The number of benzene rings is 2. The van der Waals surface area contributed by atoms with Crippen LogP contribution in [-0.2, 0) is 16.0 Å². The van der Waals surface area contributed by atoms with Gasteiger partial charge in [0.25, 0.3) is 5.56 Å². The summed E-state index contributed by atoms with van der Waals surface area (Å²) in [5.74, 6) is -0.232. The van der Waals surface area contributed by atoms with Gasteiger partial charge in [0, 0.05) is 0 Å². The summed E-state index contributed by atoms with van der Waals surface area (Å²) in [6.07, 6.45) is 0.611. The number of aromatic nitrogens is 2. The Bertz CT molecular complexity index is 1030. The van der Waals surface area contributed by atoms with Gasteiger partial charge in [0.1, 0.15) is 0 Å². The fraction of sp³-hybridized carbons (Fsp3) is 0.286. The molecule has 0 amide bonds. The molecule has 0 saturated carbocycles. The number of aryl methyl sites for hydroxylation is 1.